The molecule has 1 aromatic heterocycles. The lowest BCUT2D eigenvalue weighted by molar-refractivity contribution is -0.151. The minimum Gasteiger partial charge on any atom is -0.497 e. The van der Waals surface area contributed by atoms with E-state index in [1.807, 2.05) is 30.3 Å². The summed E-state index contributed by atoms with van der Waals surface area (Å²) in [5.74, 6) is 1.60. The molecule has 2 aliphatic rings. The second kappa shape index (κ2) is 14.3. The van der Waals surface area contributed by atoms with Crippen molar-refractivity contribution in [3.05, 3.63) is 66.2 Å². The number of carbonyl (C=O) groups excluding carboxylic acids is 1. The number of para-hydroxylation sites is 2. The molecule has 1 fully saturated rings. The Morgan fingerprint density at radius 1 is 1.12 bits per heavy atom. The number of fused-ring (bicyclic) bond motifs is 1. The van der Waals surface area contributed by atoms with E-state index in [1.165, 1.54) is 30.0 Å². The third kappa shape index (κ3) is 7.74. The second-order valence-corrected chi connectivity index (χ2v) is 12.9. The van der Waals surface area contributed by atoms with Crippen LogP contribution < -0.4 is 10.1 Å². The van der Waals surface area contributed by atoms with Gasteiger partial charge in [0, 0.05) is 19.5 Å². The van der Waals surface area contributed by atoms with E-state index in [9.17, 15) is 18.3 Å². The highest BCUT2D eigenvalue weighted by Gasteiger charge is 2.33. The minimum atomic E-state index is -3.87. The molecule has 0 unspecified atom stereocenters. The molecule has 2 heterocycles. The van der Waals surface area contributed by atoms with Gasteiger partial charge in [0.1, 0.15) is 11.6 Å². The van der Waals surface area contributed by atoms with Crippen molar-refractivity contribution in [2.75, 3.05) is 33.4 Å². The highest BCUT2D eigenvalue weighted by molar-refractivity contribution is 7.89. The molecule has 43 heavy (non-hydrogen) atoms. The number of hydrogen-bond acceptors (Lipinski definition) is 8. The van der Waals surface area contributed by atoms with E-state index in [2.05, 4.69) is 15.3 Å². The van der Waals surface area contributed by atoms with Crippen molar-refractivity contribution in [3.63, 3.8) is 0 Å². The third-order valence-corrected chi connectivity index (χ3v) is 10.0. The first-order valence-electron chi connectivity index (χ1n) is 14.8. The average molecular weight is 613 g/mol. The number of nitrogens with one attached hydrogen (secondary N) is 2. The fourth-order valence-corrected chi connectivity index (χ4v) is 7.24. The van der Waals surface area contributed by atoms with E-state index < -0.39 is 16.3 Å². The van der Waals surface area contributed by atoms with E-state index in [0.717, 1.165) is 36.7 Å². The van der Waals surface area contributed by atoms with Gasteiger partial charge in [-0.2, -0.15) is 4.31 Å². The quantitative estimate of drug-likeness (QED) is 0.265. The molecule has 1 aliphatic heterocycles. The number of aromatic nitrogens is 2. The van der Waals surface area contributed by atoms with Crippen LogP contribution in [0, 0.1) is 11.8 Å². The first-order chi connectivity index (χ1) is 20.9. The molecular formula is C31H40N4O7S. The molecular weight excluding hydrogens is 572 g/mol. The number of aliphatic hydroxyl groups is 1. The van der Waals surface area contributed by atoms with Crippen LogP contribution in [-0.4, -0.2) is 73.4 Å². The van der Waals surface area contributed by atoms with Crippen molar-refractivity contribution in [2.24, 2.45) is 11.8 Å². The molecule has 2 atom stereocenters. The number of benzene rings is 2. The normalized spacial score (nSPS) is 19.7. The van der Waals surface area contributed by atoms with E-state index in [0.29, 0.717) is 23.9 Å². The van der Waals surface area contributed by atoms with Crippen LogP contribution in [0.4, 0.5) is 0 Å². The number of allylic oxidation sites excluding steroid dienone is 1. The molecule has 11 nitrogen and oxygen atoms in total. The summed E-state index contributed by atoms with van der Waals surface area (Å²) in [5.41, 5.74) is 1.73. The van der Waals surface area contributed by atoms with Crippen LogP contribution in [0.25, 0.3) is 11.0 Å². The predicted molar refractivity (Wildman–Crippen MR) is 160 cm³/mol. The van der Waals surface area contributed by atoms with Crippen molar-refractivity contribution in [1.82, 2.24) is 19.6 Å². The number of hydrogen-bond donors (Lipinski definition) is 3. The van der Waals surface area contributed by atoms with E-state index in [4.69, 9.17) is 14.2 Å². The summed E-state index contributed by atoms with van der Waals surface area (Å²) in [6, 6.07) is 13.8. The Balaban J connectivity index is 1.23. The molecule has 1 aliphatic carbocycles. The summed E-state index contributed by atoms with van der Waals surface area (Å²) in [7, 11) is -2.36. The number of rotatable bonds is 13. The van der Waals surface area contributed by atoms with Gasteiger partial charge in [0.05, 0.1) is 42.8 Å². The average Bonchev–Trinajstić information content (AvgIpc) is 3.46. The first-order valence-corrected chi connectivity index (χ1v) is 16.3. The number of amides is 1. The van der Waals surface area contributed by atoms with Gasteiger partial charge < -0.3 is 29.6 Å². The number of sulfonamides is 1. The maximum absolute atomic E-state index is 13.3. The van der Waals surface area contributed by atoms with Crippen molar-refractivity contribution < 1.29 is 32.5 Å². The summed E-state index contributed by atoms with van der Waals surface area (Å²) in [6.07, 6.45) is 7.52. The van der Waals surface area contributed by atoms with Crippen molar-refractivity contribution >= 4 is 27.0 Å². The largest absolute Gasteiger partial charge is 0.497 e. The van der Waals surface area contributed by atoms with Gasteiger partial charge in [-0.3, -0.25) is 4.79 Å². The number of H-pyrrole nitrogens is 1. The van der Waals surface area contributed by atoms with Gasteiger partial charge in [0.2, 0.25) is 16.3 Å². The van der Waals surface area contributed by atoms with Gasteiger partial charge in [-0.15, -0.1) is 0 Å². The van der Waals surface area contributed by atoms with Gasteiger partial charge >= 0.3 is 0 Å². The van der Waals surface area contributed by atoms with Gasteiger partial charge in [0.25, 0.3) is 5.91 Å². The highest BCUT2D eigenvalue weighted by Crippen LogP contribution is 2.37. The molecule has 12 heteroatoms. The van der Waals surface area contributed by atoms with Crippen LogP contribution in [-0.2, 0) is 30.8 Å². The van der Waals surface area contributed by atoms with Gasteiger partial charge in [0.15, 0.2) is 5.76 Å². The zero-order valence-electron chi connectivity index (χ0n) is 24.4. The number of aromatic amines is 1. The Hall–Kier alpha value is -3.45. The minimum absolute atomic E-state index is 0.0141. The summed E-state index contributed by atoms with van der Waals surface area (Å²) < 4.78 is 44.9. The number of methoxy groups -OCH3 is 1. The van der Waals surface area contributed by atoms with Crippen molar-refractivity contribution in [1.29, 1.82) is 0 Å². The predicted octanol–water partition coefficient (Wildman–Crippen LogP) is 3.71. The summed E-state index contributed by atoms with van der Waals surface area (Å²) >= 11 is 0. The molecule has 0 saturated heterocycles. The number of imidazole rings is 1. The lowest BCUT2D eigenvalue weighted by Gasteiger charge is -2.35. The molecule has 0 bridgehead atoms. The fourth-order valence-electron chi connectivity index (χ4n) is 5.82. The third-order valence-electron chi connectivity index (χ3n) is 8.11. The Labute approximate surface area is 252 Å². The summed E-state index contributed by atoms with van der Waals surface area (Å²) in [5, 5.41) is 12.5. The van der Waals surface area contributed by atoms with Gasteiger partial charge in [-0.25, -0.2) is 13.4 Å². The SMILES string of the molecule is COc1ccc(S(=O)(=O)N(CCO)CCO[C@@H]2C[C@H](C3CCCCC3)C=C(C(=O)NCc3nc4ccccc4[nH]3)O2)cc1. The first kappa shape index (κ1) is 31.0. The number of carbonyl (C=O) groups is 1. The van der Waals surface area contributed by atoms with Crippen LogP contribution in [0.2, 0.25) is 0 Å². The number of aliphatic hydroxyl groups excluding tert-OH is 1. The Bertz CT molecular complexity index is 1470. The van der Waals surface area contributed by atoms with Crippen LogP contribution in [0.1, 0.15) is 44.3 Å². The Morgan fingerprint density at radius 2 is 1.88 bits per heavy atom. The maximum Gasteiger partial charge on any atom is 0.286 e. The van der Waals surface area contributed by atoms with Gasteiger partial charge in [-0.05, 0) is 67.2 Å². The Morgan fingerprint density at radius 3 is 2.60 bits per heavy atom. The molecule has 0 spiro atoms. The molecule has 3 aromatic rings. The molecule has 2 aromatic carbocycles. The Kier molecular flexibility index (Phi) is 10.3. The molecule has 1 saturated carbocycles. The van der Waals surface area contributed by atoms with Crippen LogP contribution in [0.15, 0.2) is 65.3 Å². The standard InChI is InChI=1S/C31H40N4O7S/c1-40-24-11-13-25(14-12-24)43(38,39)35(15-17-36)16-18-41-30-20-23(22-7-3-2-4-8-22)19-28(42-30)31(37)32-21-29-33-26-9-5-6-10-27(26)34-29/h5-6,9-14,19,22-23,30,36H,2-4,7-8,15-18,20-21H2,1H3,(H,32,37)(H,33,34)/t23-,30+/m1/s1. The molecule has 5 rings (SSSR count). The van der Waals surface area contributed by atoms with Crippen molar-refractivity contribution in [3.8, 4) is 5.75 Å². The maximum atomic E-state index is 13.3. The summed E-state index contributed by atoms with van der Waals surface area (Å²) in [6.45, 7) is -0.153. The number of ether oxygens (including phenoxy) is 3. The van der Waals surface area contributed by atoms with Crippen molar-refractivity contribution in [2.45, 2.75) is 56.3 Å². The highest BCUT2D eigenvalue weighted by atomic mass is 32.2. The molecule has 1 amide bonds. The number of nitrogens with zero attached hydrogens (tertiary/aromatic N) is 2. The topological polar surface area (TPSA) is 143 Å². The van der Waals surface area contributed by atoms with E-state index in [1.54, 1.807) is 12.1 Å². The molecule has 232 valence electrons. The summed E-state index contributed by atoms with van der Waals surface area (Å²) in [4.78, 5) is 21.1. The van der Waals surface area contributed by atoms with Crippen LogP contribution in [0.3, 0.4) is 0 Å². The van der Waals surface area contributed by atoms with E-state index in [-0.39, 0.29) is 55.3 Å². The van der Waals surface area contributed by atoms with Crippen LogP contribution >= 0.6 is 0 Å². The second-order valence-electron chi connectivity index (χ2n) is 10.9. The smallest absolute Gasteiger partial charge is 0.286 e. The lowest BCUT2D eigenvalue weighted by atomic mass is 9.77. The lowest BCUT2D eigenvalue weighted by Crippen LogP contribution is -2.39. The fraction of sp³-hybridized carbons (Fsp3) is 0.484. The van der Waals surface area contributed by atoms with Crippen LogP contribution in [0.5, 0.6) is 5.75 Å². The van der Waals surface area contributed by atoms with Gasteiger partial charge in [-0.1, -0.05) is 31.4 Å². The molecule has 0 radical (unpaired) electrons. The zero-order chi connectivity index (χ0) is 30.2. The molecule has 3 N–H and O–H groups in total. The monoisotopic (exact) mass is 612 g/mol. The van der Waals surface area contributed by atoms with E-state index >= 15 is 0 Å². The zero-order valence-corrected chi connectivity index (χ0v) is 25.2.